The van der Waals surface area contributed by atoms with E-state index in [0.717, 1.165) is 28.0 Å². The van der Waals surface area contributed by atoms with Gasteiger partial charge in [-0.3, -0.25) is 4.40 Å². The molecule has 0 saturated heterocycles. The van der Waals surface area contributed by atoms with Gasteiger partial charge in [0.15, 0.2) is 0 Å². The molecule has 1 N–H and O–H groups in total. The van der Waals surface area contributed by atoms with Gasteiger partial charge in [-0.25, -0.2) is 4.98 Å². The molecule has 2 aromatic heterocycles. The van der Waals surface area contributed by atoms with Gasteiger partial charge in [0, 0.05) is 18.0 Å². The zero-order valence-corrected chi connectivity index (χ0v) is 14.4. The molecule has 0 aliphatic rings. The van der Waals surface area contributed by atoms with Gasteiger partial charge in [0.2, 0.25) is 4.77 Å². The van der Waals surface area contributed by atoms with E-state index in [4.69, 9.17) is 12.2 Å². The van der Waals surface area contributed by atoms with Crippen LogP contribution < -0.4 is 0 Å². The van der Waals surface area contributed by atoms with E-state index in [1.54, 1.807) is 0 Å². The Kier molecular flexibility index (Phi) is 3.54. The number of rotatable bonds is 2. The Morgan fingerprint density at radius 3 is 2.08 bits per heavy atom. The van der Waals surface area contributed by atoms with E-state index >= 15 is 0 Å². The van der Waals surface area contributed by atoms with Crippen LogP contribution in [0.3, 0.4) is 0 Å². The van der Waals surface area contributed by atoms with Crippen molar-refractivity contribution in [2.45, 2.75) is 13.8 Å². The summed E-state index contributed by atoms with van der Waals surface area (Å²) in [5, 5.41) is 0. The Hall–Kier alpha value is -2.72. The van der Waals surface area contributed by atoms with E-state index in [1.165, 1.54) is 11.1 Å². The van der Waals surface area contributed by atoms with Crippen molar-refractivity contribution < 1.29 is 0 Å². The van der Waals surface area contributed by atoms with Gasteiger partial charge >= 0.3 is 0 Å². The quantitative estimate of drug-likeness (QED) is 0.503. The monoisotopic (exact) mass is 331 g/mol. The van der Waals surface area contributed by atoms with Gasteiger partial charge in [0.05, 0.1) is 5.69 Å². The molecular weight excluding hydrogens is 314 g/mol. The van der Waals surface area contributed by atoms with E-state index in [0.29, 0.717) is 4.77 Å². The normalized spacial score (nSPS) is 11.1. The Bertz CT molecular complexity index is 1070. The molecule has 24 heavy (non-hydrogen) atoms. The van der Waals surface area contributed by atoms with Crippen molar-refractivity contribution in [1.82, 2.24) is 14.4 Å². The number of benzene rings is 2. The number of nitrogens with one attached hydrogen (secondary N) is 1. The minimum absolute atomic E-state index is 0.551. The summed E-state index contributed by atoms with van der Waals surface area (Å²) in [4.78, 5) is 7.90. The van der Waals surface area contributed by atoms with Crippen molar-refractivity contribution in [3.05, 3.63) is 76.8 Å². The molecule has 0 aliphatic carbocycles. The van der Waals surface area contributed by atoms with Crippen molar-refractivity contribution in [3.63, 3.8) is 0 Å². The first-order valence-corrected chi connectivity index (χ1v) is 8.27. The molecule has 0 unspecified atom stereocenters. The first-order valence-electron chi connectivity index (χ1n) is 7.86. The number of aromatic nitrogens is 3. The van der Waals surface area contributed by atoms with Crippen molar-refractivity contribution in [1.29, 1.82) is 0 Å². The van der Waals surface area contributed by atoms with Crippen LogP contribution in [0.15, 0.2) is 60.9 Å². The fourth-order valence-electron chi connectivity index (χ4n) is 2.83. The summed E-state index contributed by atoms with van der Waals surface area (Å²) in [6.45, 7) is 4.17. The van der Waals surface area contributed by atoms with E-state index in [9.17, 15) is 0 Å². The lowest BCUT2D eigenvalue weighted by atomic mass is 10.1. The van der Waals surface area contributed by atoms with Crippen molar-refractivity contribution in [2.75, 3.05) is 0 Å². The molecule has 4 aromatic rings. The average molecular weight is 331 g/mol. The van der Waals surface area contributed by atoms with Gasteiger partial charge in [-0.05, 0) is 37.2 Å². The number of aryl methyl sites for hydroxylation is 2. The van der Waals surface area contributed by atoms with Crippen LogP contribution in [-0.4, -0.2) is 14.4 Å². The minimum Gasteiger partial charge on any atom is -0.339 e. The fraction of sp³-hybridized carbons (Fsp3) is 0.100. The highest BCUT2D eigenvalue weighted by Crippen LogP contribution is 2.27. The van der Waals surface area contributed by atoms with Crippen molar-refractivity contribution >= 4 is 17.9 Å². The number of fused-ring (bicyclic) bond motifs is 1. The van der Waals surface area contributed by atoms with Crippen molar-refractivity contribution in [2.24, 2.45) is 0 Å². The first-order chi connectivity index (χ1) is 11.6. The molecule has 0 aliphatic heterocycles. The van der Waals surface area contributed by atoms with Gasteiger partial charge in [-0.2, -0.15) is 0 Å². The van der Waals surface area contributed by atoms with Crippen LogP contribution in [0.25, 0.3) is 28.0 Å². The summed E-state index contributed by atoms with van der Waals surface area (Å²) >= 11 is 5.40. The van der Waals surface area contributed by atoms with Crippen LogP contribution in [0, 0.1) is 18.6 Å². The molecule has 0 radical (unpaired) electrons. The summed E-state index contributed by atoms with van der Waals surface area (Å²) in [5.74, 6) is 0. The summed E-state index contributed by atoms with van der Waals surface area (Å²) < 4.78 is 2.50. The second-order valence-corrected chi connectivity index (χ2v) is 6.44. The maximum atomic E-state index is 5.40. The number of nitrogens with zero attached hydrogens (tertiary/aromatic N) is 2. The molecule has 118 valence electrons. The average Bonchev–Trinajstić information content (AvgIpc) is 3.03. The molecular formula is C20H17N3S. The minimum atomic E-state index is 0.551. The van der Waals surface area contributed by atoms with Gasteiger partial charge in [0.1, 0.15) is 5.65 Å². The number of hydrogen-bond donors (Lipinski definition) is 1. The summed E-state index contributed by atoms with van der Waals surface area (Å²) in [7, 11) is 0. The van der Waals surface area contributed by atoms with Gasteiger partial charge < -0.3 is 4.98 Å². The molecule has 0 fully saturated rings. The fourth-order valence-corrected chi connectivity index (χ4v) is 3.03. The van der Waals surface area contributed by atoms with Crippen LogP contribution in [-0.2, 0) is 0 Å². The molecule has 0 saturated carbocycles. The largest absolute Gasteiger partial charge is 0.339 e. The van der Waals surface area contributed by atoms with Crippen LogP contribution in [0.2, 0.25) is 0 Å². The van der Waals surface area contributed by atoms with Crippen molar-refractivity contribution in [3.8, 4) is 22.4 Å². The lowest BCUT2D eigenvalue weighted by Gasteiger charge is -2.04. The first kappa shape index (κ1) is 14.8. The van der Waals surface area contributed by atoms with Crippen LogP contribution in [0.4, 0.5) is 0 Å². The zero-order valence-electron chi connectivity index (χ0n) is 13.6. The zero-order chi connectivity index (χ0) is 16.7. The predicted octanol–water partition coefficient (Wildman–Crippen LogP) is 5.34. The van der Waals surface area contributed by atoms with E-state index < -0.39 is 0 Å². The molecule has 2 heterocycles. The third kappa shape index (κ3) is 2.55. The summed E-state index contributed by atoms with van der Waals surface area (Å²) in [5.41, 5.74) is 7.78. The Morgan fingerprint density at radius 1 is 0.875 bits per heavy atom. The highest BCUT2D eigenvalue weighted by molar-refractivity contribution is 7.71. The molecule has 2 aromatic carbocycles. The lowest BCUT2D eigenvalue weighted by Crippen LogP contribution is -1.92. The maximum Gasteiger partial charge on any atom is 0.205 e. The number of H-pyrrole nitrogens is 1. The molecule has 4 rings (SSSR count). The SMILES string of the molecule is Cc1ccc(-c2cn3c(=S)ncc(-c4ccc(C)cc4)c3[nH]2)cc1. The van der Waals surface area contributed by atoms with Gasteiger partial charge in [-0.15, -0.1) is 0 Å². The van der Waals surface area contributed by atoms with Gasteiger partial charge in [0.25, 0.3) is 0 Å². The third-order valence-corrected chi connectivity index (χ3v) is 4.54. The van der Waals surface area contributed by atoms with Crippen LogP contribution in [0.5, 0.6) is 0 Å². The summed E-state index contributed by atoms with van der Waals surface area (Å²) in [6, 6.07) is 16.9. The second kappa shape index (κ2) is 5.73. The number of imidazole rings is 1. The third-order valence-electron chi connectivity index (χ3n) is 4.24. The highest BCUT2D eigenvalue weighted by Gasteiger charge is 2.10. The van der Waals surface area contributed by atoms with E-state index in [1.807, 2.05) is 16.8 Å². The summed E-state index contributed by atoms with van der Waals surface area (Å²) in [6.07, 6.45) is 3.87. The maximum absolute atomic E-state index is 5.40. The highest BCUT2D eigenvalue weighted by atomic mass is 32.1. The molecule has 0 amide bonds. The smallest absolute Gasteiger partial charge is 0.205 e. The van der Waals surface area contributed by atoms with Crippen LogP contribution in [0.1, 0.15) is 11.1 Å². The standard InChI is InChI=1S/C20H17N3S/c1-13-3-7-15(8-4-13)17-11-21-20(24)23-12-18(22-19(17)23)16-9-5-14(2)6-10-16/h3-12,22H,1-2H3. The van der Waals surface area contributed by atoms with E-state index in [-0.39, 0.29) is 0 Å². The molecule has 0 atom stereocenters. The Labute approximate surface area is 145 Å². The number of hydrogen-bond acceptors (Lipinski definition) is 2. The molecule has 4 heteroatoms. The topological polar surface area (TPSA) is 33.1 Å². The number of aromatic amines is 1. The Balaban J connectivity index is 1.93. The Morgan fingerprint density at radius 2 is 1.46 bits per heavy atom. The molecule has 0 spiro atoms. The lowest BCUT2D eigenvalue weighted by molar-refractivity contribution is 1.06. The molecule has 0 bridgehead atoms. The molecule has 3 nitrogen and oxygen atoms in total. The van der Waals surface area contributed by atoms with Gasteiger partial charge in [-0.1, -0.05) is 59.7 Å². The predicted molar refractivity (Wildman–Crippen MR) is 101 cm³/mol. The van der Waals surface area contributed by atoms with Crippen LogP contribution >= 0.6 is 12.2 Å². The second-order valence-electron chi connectivity index (χ2n) is 6.07. The van der Waals surface area contributed by atoms with E-state index in [2.05, 4.69) is 72.3 Å².